The van der Waals surface area contributed by atoms with Crippen molar-refractivity contribution in [2.24, 2.45) is 0 Å². The molecule has 2 N–H and O–H groups in total. The molecule has 1 fully saturated rings. The van der Waals surface area contributed by atoms with Crippen molar-refractivity contribution in [2.45, 2.75) is 32.4 Å². The van der Waals surface area contributed by atoms with E-state index in [2.05, 4.69) is 99.8 Å². The lowest BCUT2D eigenvalue weighted by Crippen LogP contribution is -2.51. The second kappa shape index (κ2) is 9.52. The van der Waals surface area contributed by atoms with Crippen LogP contribution in [0.2, 0.25) is 0 Å². The van der Waals surface area contributed by atoms with Gasteiger partial charge in [-0.25, -0.2) is 5.10 Å². The van der Waals surface area contributed by atoms with Crippen molar-refractivity contribution in [3.8, 4) is 11.1 Å². The molecule has 3 heterocycles. The van der Waals surface area contributed by atoms with Gasteiger partial charge in [0.15, 0.2) is 0 Å². The number of nitrogens with zero attached hydrogens (tertiary/aromatic N) is 3. The van der Waals surface area contributed by atoms with Crippen LogP contribution in [0.5, 0.6) is 0 Å². The third-order valence-corrected chi connectivity index (χ3v) is 7.95. The van der Waals surface area contributed by atoms with E-state index in [1.165, 1.54) is 11.1 Å². The molecule has 0 spiro atoms. The molecule has 6 rings (SSSR count). The van der Waals surface area contributed by atoms with Gasteiger partial charge in [0.2, 0.25) is 0 Å². The second-order valence-corrected chi connectivity index (χ2v) is 10.1. The molecule has 2 aliphatic heterocycles. The Morgan fingerprint density at radius 1 is 0.944 bits per heavy atom. The van der Waals surface area contributed by atoms with Crippen molar-refractivity contribution < 1.29 is 0 Å². The summed E-state index contributed by atoms with van der Waals surface area (Å²) in [5, 5.41) is 12.6. The number of rotatable bonds is 5. The van der Waals surface area contributed by atoms with Crippen molar-refractivity contribution in [2.75, 3.05) is 38.0 Å². The molecule has 0 radical (unpaired) electrons. The van der Waals surface area contributed by atoms with E-state index in [9.17, 15) is 4.79 Å². The summed E-state index contributed by atoms with van der Waals surface area (Å²) >= 11 is 0. The zero-order valence-corrected chi connectivity index (χ0v) is 21.0. The highest BCUT2D eigenvalue weighted by Crippen LogP contribution is 2.40. The van der Waals surface area contributed by atoms with Crippen LogP contribution < -0.4 is 10.9 Å². The van der Waals surface area contributed by atoms with Crippen molar-refractivity contribution >= 4 is 16.5 Å². The monoisotopic (exact) mass is 479 g/mol. The highest BCUT2D eigenvalue weighted by atomic mass is 16.1. The minimum atomic E-state index is -0.138. The molecule has 1 aromatic heterocycles. The second-order valence-electron chi connectivity index (χ2n) is 10.1. The molecule has 2 atom stereocenters. The summed E-state index contributed by atoms with van der Waals surface area (Å²) in [6.07, 6.45) is 0. The van der Waals surface area contributed by atoms with E-state index in [1.54, 1.807) is 0 Å². The van der Waals surface area contributed by atoms with Crippen LogP contribution in [0.4, 0.5) is 5.69 Å². The fraction of sp³-hybridized carbons (Fsp3) is 0.333. The topological polar surface area (TPSA) is 64.3 Å². The summed E-state index contributed by atoms with van der Waals surface area (Å²) in [5.74, 6) is 0.0832. The van der Waals surface area contributed by atoms with Crippen LogP contribution in [-0.2, 0) is 6.54 Å². The average molecular weight is 480 g/mol. The number of H-pyrrole nitrogens is 1. The Balaban J connectivity index is 1.44. The molecule has 6 heteroatoms. The van der Waals surface area contributed by atoms with Gasteiger partial charge in [0, 0.05) is 55.8 Å². The molecule has 0 amide bonds. The van der Waals surface area contributed by atoms with Crippen LogP contribution in [-0.4, -0.2) is 58.8 Å². The molecule has 2 unspecified atom stereocenters. The summed E-state index contributed by atoms with van der Waals surface area (Å²) in [5.41, 5.74) is 6.34. The predicted molar refractivity (Wildman–Crippen MR) is 147 cm³/mol. The molecular weight excluding hydrogens is 446 g/mol. The summed E-state index contributed by atoms with van der Waals surface area (Å²) in [6.45, 7) is 10.5. The Bertz CT molecular complexity index is 1450. The van der Waals surface area contributed by atoms with Crippen LogP contribution >= 0.6 is 0 Å². The van der Waals surface area contributed by atoms with E-state index in [4.69, 9.17) is 0 Å². The van der Waals surface area contributed by atoms with Gasteiger partial charge in [-0.1, -0.05) is 67.6 Å². The maximum atomic E-state index is 13.3. The number of benzene rings is 3. The molecule has 0 aliphatic carbocycles. The third-order valence-electron chi connectivity index (χ3n) is 7.95. The number of aromatic amines is 1. The fourth-order valence-electron chi connectivity index (χ4n) is 6.07. The van der Waals surface area contributed by atoms with E-state index in [-0.39, 0.29) is 11.5 Å². The molecule has 184 valence electrons. The van der Waals surface area contributed by atoms with Gasteiger partial charge in [0.1, 0.15) is 0 Å². The van der Waals surface area contributed by atoms with E-state index >= 15 is 0 Å². The number of likely N-dealkylation sites (N-methyl/N-ethyl adjacent to an activating group) is 1. The predicted octanol–water partition coefficient (Wildman–Crippen LogP) is 4.67. The lowest BCUT2D eigenvalue weighted by atomic mass is 9.86. The van der Waals surface area contributed by atoms with Crippen molar-refractivity contribution in [1.82, 2.24) is 20.0 Å². The summed E-state index contributed by atoms with van der Waals surface area (Å²) < 4.78 is 0. The summed E-state index contributed by atoms with van der Waals surface area (Å²) in [7, 11) is 0. The van der Waals surface area contributed by atoms with Gasteiger partial charge in [-0.3, -0.25) is 14.6 Å². The first kappa shape index (κ1) is 23.0. The number of hydrogen-bond acceptors (Lipinski definition) is 5. The Morgan fingerprint density at radius 2 is 1.75 bits per heavy atom. The van der Waals surface area contributed by atoms with Gasteiger partial charge < -0.3 is 5.32 Å². The van der Waals surface area contributed by atoms with Crippen LogP contribution in [0.3, 0.4) is 0 Å². The van der Waals surface area contributed by atoms with E-state index in [0.29, 0.717) is 6.04 Å². The number of anilines is 1. The van der Waals surface area contributed by atoms with E-state index in [1.807, 2.05) is 6.07 Å². The Kier molecular flexibility index (Phi) is 6.07. The lowest BCUT2D eigenvalue weighted by molar-refractivity contribution is 0.0835. The van der Waals surface area contributed by atoms with Crippen molar-refractivity contribution in [3.63, 3.8) is 0 Å². The number of hydrogen-bond donors (Lipinski definition) is 2. The van der Waals surface area contributed by atoms with Crippen LogP contribution in [0, 0.1) is 0 Å². The van der Waals surface area contributed by atoms with Gasteiger partial charge in [0.25, 0.3) is 5.56 Å². The fourth-order valence-corrected chi connectivity index (χ4v) is 6.07. The molecule has 0 saturated carbocycles. The van der Waals surface area contributed by atoms with Crippen molar-refractivity contribution in [3.05, 3.63) is 93.9 Å². The van der Waals surface area contributed by atoms with Crippen LogP contribution in [0.1, 0.15) is 36.6 Å². The highest BCUT2D eigenvalue weighted by molar-refractivity contribution is 6.05. The third kappa shape index (κ3) is 4.00. The number of piperazine rings is 1. The van der Waals surface area contributed by atoms with Crippen LogP contribution in [0.15, 0.2) is 71.5 Å². The van der Waals surface area contributed by atoms with E-state index < -0.39 is 0 Å². The normalized spacial score (nSPS) is 20.4. The number of aromatic nitrogens is 2. The molecule has 0 bridgehead atoms. The van der Waals surface area contributed by atoms with Crippen molar-refractivity contribution in [1.29, 1.82) is 0 Å². The maximum absolute atomic E-state index is 13.3. The molecule has 3 aromatic carbocycles. The zero-order valence-electron chi connectivity index (χ0n) is 21.0. The Labute approximate surface area is 212 Å². The minimum absolute atomic E-state index is 0.0832. The smallest absolute Gasteiger partial charge is 0.272 e. The quantitative estimate of drug-likeness (QED) is 0.435. The van der Waals surface area contributed by atoms with E-state index in [0.717, 1.165) is 72.5 Å². The first-order valence-electron chi connectivity index (χ1n) is 13.0. The summed E-state index contributed by atoms with van der Waals surface area (Å²) in [4.78, 5) is 18.4. The molecule has 1 saturated heterocycles. The molecular formula is C30H33N5O. The summed E-state index contributed by atoms with van der Waals surface area (Å²) in [6, 6.07) is 23.7. The van der Waals surface area contributed by atoms with Gasteiger partial charge in [0.05, 0.1) is 11.1 Å². The molecule has 4 aromatic rings. The first-order valence-corrected chi connectivity index (χ1v) is 13.0. The van der Waals surface area contributed by atoms with Gasteiger partial charge >= 0.3 is 0 Å². The average Bonchev–Trinajstić information content (AvgIpc) is 2.91. The lowest BCUT2D eigenvalue weighted by Gasteiger charge is -2.39. The highest BCUT2D eigenvalue weighted by Gasteiger charge is 2.28. The molecule has 6 nitrogen and oxygen atoms in total. The van der Waals surface area contributed by atoms with Gasteiger partial charge in [-0.2, -0.15) is 5.10 Å². The molecule has 36 heavy (non-hydrogen) atoms. The number of nitrogens with one attached hydrogen (secondary N) is 2. The Hall–Kier alpha value is -3.48. The SMILES string of the molecule is CCN1CCN(Cc2ccccc2-c2ccc3c4c(n[nH]c(=O)c24)C(c2ccccc2)CN3)CC1C. The molecule has 2 aliphatic rings. The maximum Gasteiger partial charge on any atom is 0.272 e. The van der Waals surface area contributed by atoms with Gasteiger partial charge in [-0.05, 0) is 41.8 Å². The Morgan fingerprint density at radius 3 is 2.56 bits per heavy atom. The standard InChI is InChI=1S/C30H33N5O/c1-3-35-16-15-34(18-20(35)2)19-22-11-7-8-12-23(22)24-13-14-26-28-27(24)30(36)33-32-29(28)25(17-31-26)21-9-5-4-6-10-21/h4-14,20,25,31H,3,15-19H2,1-2H3,(H,33,36). The minimum Gasteiger partial charge on any atom is -0.383 e. The van der Waals surface area contributed by atoms with Crippen LogP contribution in [0.25, 0.3) is 21.9 Å². The first-order chi connectivity index (χ1) is 17.6. The zero-order chi connectivity index (χ0) is 24.6. The van der Waals surface area contributed by atoms with Gasteiger partial charge in [-0.15, -0.1) is 0 Å². The largest absolute Gasteiger partial charge is 0.383 e.